The third-order valence-corrected chi connectivity index (χ3v) is 4.53. The highest BCUT2D eigenvalue weighted by molar-refractivity contribution is 7.88. The number of carbonyl (C=O) groups excluding carboxylic acids is 1. The van der Waals surface area contributed by atoms with Crippen LogP contribution in [0.1, 0.15) is 20.3 Å². The van der Waals surface area contributed by atoms with E-state index in [1.54, 1.807) is 31.2 Å². The Morgan fingerprint density at radius 1 is 1.35 bits per heavy atom. The molecule has 1 amide bonds. The molecule has 0 spiro atoms. The molecule has 0 aliphatic carbocycles. The summed E-state index contributed by atoms with van der Waals surface area (Å²) >= 11 is 5.75. The number of nitrogens with one attached hydrogen (secondary N) is 1. The minimum absolute atomic E-state index is 0.198. The lowest BCUT2D eigenvalue weighted by Gasteiger charge is -2.25. The van der Waals surface area contributed by atoms with Gasteiger partial charge in [-0.25, -0.2) is 8.42 Å². The van der Waals surface area contributed by atoms with E-state index in [-0.39, 0.29) is 18.5 Å². The Labute approximate surface area is 125 Å². The molecule has 1 rings (SSSR count). The van der Waals surface area contributed by atoms with Crippen molar-refractivity contribution in [2.45, 2.75) is 26.3 Å². The van der Waals surface area contributed by atoms with Gasteiger partial charge in [0, 0.05) is 16.8 Å². The van der Waals surface area contributed by atoms with Crippen LogP contribution >= 0.6 is 11.6 Å². The molecule has 0 fully saturated rings. The van der Waals surface area contributed by atoms with Crippen LogP contribution in [-0.2, 0) is 14.8 Å². The molecule has 7 heteroatoms. The van der Waals surface area contributed by atoms with Crippen LogP contribution in [0.3, 0.4) is 0 Å². The van der Waals surface area contributed by atoms with Gasteiger partial charge >= 0.3 is 0 Å². The Balaban J connectivity index is 2.74. The van der Waals surface area contributed by atoms with Crippen LogP contribution < -0.4 is 5.32 Å². The van der Waals surface area contributed by atoms with Gasteiger partial charge in [0.2, 0.25) is 15.9 Å². The number of halogens is 1. The molecule has 0 radical (unpaired) electrons. The van der Waals surface area contributed by atoms with Crippen LogP contribution in [0.2, 0.25) is 5.02 Å². The summed E-state index contributed by atoms with van der Waals surface area (Å²) in [6, 6.07) is 6.41. The minimum atomic E-state index is -3.42. The average Bonchev–Trinajstić information content (AvgIpc) is 2.36. The molecule has 1 unspecified atom stereocenters. The van der Waals surface area contributed by atoms with Crippen LogP contribution in [0, 0.1) is 0 Å². The third kappa shape index (κ3) is 5.11. The molecule has 5 nitrogen and oxygen atoms in total. The lowest BCUT2D eigenvalue weighted by Crippen LogP contribution is -2.42. The van der Waals surface area contributed by atoms with E-state index in [1.807, 2.05) is 6.92 Å². The summed E-state index contributed by atoms with van der Waals surface area (Å²) in [5.41, 5.74) is 0.581. The van der Waals surface area contributed by atoms with Crippen molar-refractivity contribution in [1.29, 1.82) is 0 Å². The van der Waals surface area contributed by atoms with Crippen molar-refractivity contribution in [2.75, 3.05) is 18.1 Å². The molecule has 0 aliphatic rings. The van der Waals surface area contributed by atoms with Gasteiger partial charge in [0.15, 0.2) is 0 Å². The number of rotatable bonds is 6. The molecular weight excluding hydrogens is 300 g/mol. The van der Waals surface area contributed by atoms with Crippen LogP contribution in [0.5, 0.6) is 0 Å². The van der Waals surface area contributed by atoms with Crippen molar-refractivity contribution in [2.24, 2.45) is 0 Å². The topological polar surface area (TPSA) is 66.5 Å². The first kappa shape index (κ1) is 16.9. The van der Waals surface area contributed by atoms with E-state index >= 15 is 0 Å². The van der Waals surface area contributed by atoms with E-state index in [9.17, 15) is 13.2 Å². The first-order valence-corrected chi connectivity index (χ1v) is 8.49. The smallest absolute Gasteiger partial charge is 0.239 e. The fourth-order valence-corrected chi connectivity index (χ4v) is 2.96. The van der Waals surface area contributed by atoms with E-state index in [4.69, 9.17) is 11.6 Å². The first-order chi connectivity index (χ1) is 9.24. The number of sulfonamides is 1. The van der Waals surface area contributed by atoms with Crippen molar-refractivity contribution >= 4 is 33.2 Å². The molecule has 0 saturated carbocycles. The second-order valence-electron chi connectivity index (χ2n) is 4.62. The number of hydrogen-bond donors (Lipinski definition) is 1. The van der Waals surface area contributed by atoms with Crippen molar-refractivity contribution in [3.8, 4) is 0 Å². The van der Waals surface area contributed by atoms with Gasteiger partial charge < -0.3 is 5.32 Å². The van der Waals surface area contributed by atoms with E-state index in [0.29, 0.717) is 17.1 Å². The molecule has 0 bridgehead atoms. The maximum Gasteiger partial charge on any atom is 0.239 e. The lowest BCUT2D eigenvalue weighted by molar-refractivity contribution is -0.116. The molecule has 0 heterocycles. The molecule has 0 saturated heterocycles. The Hall–Kier alpha value is -1.11. The standard InChI is InChI=1S/C13H19ClN2O3S/c1-4-10(2)16(20(3,18)19)9-13(17)15-12-7-5-11(14)6-8-12/h5-8,10H,4,9H2,1-3H3,(H,15,17). The largest absolute Gasteiger partial charge is 0.325 e. The summed E-state index contributed by atoms with van der Waals surface area (Å²) in [4.78, 5) is 11.9. The van der Waals surface area contributed by atoms with Gasteiger partial charge in [-0.1, -0.05) is 18.5 Å². The highest BCUT2D eigenvalue weighted by Crippen LogP contribution is 2.14. The Bertz CT molecular complexity index is 557. The Kier molecular flexibility index (Phi) is 5.98. The van der Waals surface area contributed by atoms with Crippen LogP contribution in [0.25, 0.3) is 0 Å². The number of anilines is 1. The van der Waals surface area contributed by atoms with Crippen LogP contribution in [0.4, 0.5) is 5.69 Å². The highest BCUT2D eigenvalue weighted by atomic mass is 35.5. The molecular formula is C13H19ClN2O3S. The van der Waals surface area contributed by atoms with Crippen molar-refractivity contribution in [1.82, 2.24) is 4.31 Å². The summed E-state index contributed by atoms with van der Waals surface area (Å²) in [5.74, 6) is -0.377. The second-order valence-corrected chi connectivity index (χ2v) is 6.99. The number of amides is 1. The van der Waals surface area contributed by atoms with Gasteiger partial charge in [-0.15, -0.1) is 0 Å². The minimum Gasteiger partial charge on any atom is -0.325 e. The second kappa shape index (κ2) is 7.06. The predicted molar refractivity (Wildman–Crippen MR) is 81.4 cm³/mol. The summed E-state index contributed by atoms with van der Waals surface area (Å²) in [6.45, 7) is 3.45. The average molecular weight is 319 g/mol. The van der Waals surface area contributed by atoms with Gasteiger partial charge in [-0.3, -0.25) is 4.79 Å². The van der Waals surface area contributed by atoms with E-state index in [1.165, 1.54) is 4.31 Å². The van der Waals surface area contributed by atoms with Gasteiger partial charge in [0.05, 0.1) is 12.8 Å². The first-order valence-electron chi connectivity index (χ1n) is 6.26. The fraction of sp³-hybridized carbons (Fsp3) is 0.462. The zero-order chi connectivity index (χ0) is 15.3. The normalized spacial score (nSPS) is 13.2. The molecule has 20 heavy (non-hydrogen) atoms. The number of hydrogen-bond acceptors (Lipinski definition) is 3. The SMILES string of the molecule is CCC(C)N(CC(=O)Nc1ccc(Cl)cc1)S(C)(=O)=O. The number of carbonyl (C=O) groups is 1. The van der Waals surface area contributed by atoms with E-state index in [0.717, 1.165) is 6.26 Å². The van der Waals surface area contributed by atoms with Crippen molar-refractivity contribution < 1.29 is 13.2 Å². The van der Waals surface area contributed by atoms with Gasteiger partial charge in [-0.2, -0.15) is 4.31 Å². The molecule has 1 atom stereocenters. The van der Waals surface area contributed by atoms with Crippen LogP contribution in [-0.4, -0.2) is 37.5 Å². The lowest BCUT2D eigenvalue weighted by atomic mass is 10.2. The summed E-state index contributed by atoms with van der Waals surface area (Å²) < 4.78 is 24.6. The molecule has 0 aromatic heterocycles. The van der Waals surface area contributed by atoms with Crippen molar-refractivity contribution in [3.63, 3.8) is 0 Å². The fourth-order valence-electron chi connectivity index (χ4n) is 1.68. The van der Waals surface area contributed by atoms with E-state index < -0.39 is 10.0 Å². The van der Waals surface area contributed by atoms with Crippen LogP contribution in [0.15, 0.2) is 24.3 Å². The highest BCUT2D eigenvalue weighted by Gasteiger charge is 2.24. The quantitative estimate of drug-likeness (QED) is 0.875. The summed E-state index contributed by atoms with van der Waals surface area (Å²) in [5, 5.41) is 3.22. The number of benzene rings is 1. The third-order valence-electron chi connectivity index (χ3n) is 2.94. The molecule has 0 aliphatic heterocycles. The Morgan fingerprint density at radius 3 is 2.35 bits per heavy atom. The summed E-state index contributed by atoms with van der Waals surface area (Å²) in [6.07, 6.45) is 1.75. The molecule has 1 N–H and O–H groups in total. The monoisotopic (exact) mass is 318 g/mol. The predicted octanol–water partition coefficient (Wildman–Crippen LogP) is 2.34. The zero-order valence-electron chi connectivity index (χ0n) is 11.8. The molecule has 1 aromatic rings. The van der Waals surface area contributed by atoms with Gasteiger partial charge in [-0.05, 0) is 37.6 Å². The zero-order valence-corrected chi connectivity index (χ0v) is 13.3. The Morgan fingerprint density at radius 2 is 1.90 bits per heavy atom. The van der Waals surface area contributed by atoms with E-state index in [2.05, 4.69) is 5.32 Å². The molecule has 112 valence electrons. The maximum absolute atomic E-state index is 11.9. The maximum atomic E-state index is 11.9. The van der Waals surface area contributed by atoms with Gasteiger partial charge in [0.1, 0.15) is 0 Å². The van der Waals surface area contributed by atoms with Gasteiger partial charge in [0.25, 0.3) is 0 Å². The van der Waals surface area contributed by atoms with Crippen molar-refractivity contribution in [3.05, 3.63) is 29.3 Å². The number of nitrogens with zero attached hydrogens (tertiary/aromatic N) is 1. The summed E-state index contributed by atoms with van der Waals surface area (Å²) in [7, 11) is -3.42. The molecule has 1 aromatic carbocycles.